The van der Waals surface area contributed by atoms with Gasteiger partial charge in [0.1, 0.15) is 0 Å². The number of ether oxygens (including phenoxy) is 1. The number of alkyl halides is 3. The number of halogens is 4. The highest BCUT2D eigenvalue weighted by atomic mass is 35.5. The summed E-state index contributed by atoms with van der Waals surface area (Å²) in [5.41, 5.74) is 0.613. The van der Waals surface area contributed by atoms with Crippen LogP contribution in [0.2, 0.25) is 5.02 Å². The number of nitrogens with one attached hydrogen (secondary N) is 1. The van der Waals surface area contributed by atoms with E-state index in [1.54, 1.807) is 43.0 Å². The quantitative estimate of drug-likeness (QED) is 0.452. The third-order valence-electron chi connectivity index (χ3n) is 7.26. The molecule has 8 nitrogen and oxygen atoms in total. The van der Waals surface area contributed by atoms with Crippen molar-refractivity contribution in [3.63, 3.8) is 0 Å². The Morgan fingerprint density at radius 3 is 2.27 bits per heavy atom. The Labute approximate surface area is 241 Å². The van der Waals surface area contributed by atoms with Crippen molar-refractivity contribution in [2.24, 2.45) is 0 Å². The smallest absolute Gasteiger partial charge is 0.416 e. The number of esters is 1. The highest BCUT2D eigenvalue weighted by Gasteiger charge is 2.40. The Bertz CT molecular complexity index is 1310. The van der Waals surface area contributed by atoms with Crippen molar-refractivity contribution in [1.29, 1.82) is 0 Å². The van der Waals surface area contributed by atoms with Gasteiger partial charge in [0.25, 0.3) is 5.91 Å². The van der Waals surface area contributed by atoms with Crippen molar-refractivity contribution >= 4 is 29.5 Å². The Balaban J connectivity index is 1.63. The molecule has 0 bridgehead atoms. The van der Waals surface area contributed by atoms with Crippen molar-refractivity contribution in [1.82, 2.24) is 20.0 Å². The van der Waals surface area contributed by atoms with E-state index in [0.29, 0.717) is 41.5 Å². The van der Waals surface area contributed by atoms with Crippen molar-refractivity contribution < 1.29 is 32.3 Å². The molecule has 2 aromatic carbocycles. The maximum Gasteiger partial charge on any atom is 0.416 e. The van der Waals surface area contributed by atoms with Gasteiger partial charge in [-0.3, -0.25) is 14.6 Å². The fourth-order valence-corrected chi connectivity index (χ4v) is 5.35. The fraction of sp³-hybridized carbons (Fsp3) is 0.414. The minimum atomic E-state index is -4.52. The van der Waals surface area contributed by atoms with Crippen LogP contribution in [0.4, 0.5) is 18.0 Å². The van der Waals surface area contributed by atoms with Gasteiger partial charge in [0, 0.05) is 55.0 Å². The van der Waals surface area contributed by atoms with Crippen LogP contribution < -0.4 is 5.32 Å². The lowest BCUT2D eigenvalue weighted by Crippen LogP contribution is -2.56. The van der Waals surface area contributed by atoms with E-state index in [1.165, 1.54) is 17.0 Å². The van der Waals surface area contributed by atoms with E-state index in [-0.39, 0.29) is 37.2 Å². The average Bonchev–Trinajstić information content (AvgIpc) is 2.93. The van der Waals surface area contributed by atoms with Crippen LogP contribution >= 0.6 is 11.6 Å². The molecule has 0 radical (unpaired) electrons. The number of amides is 3. The second-order valence-corrected chi connectivity index (χ2v) is 10.4. The second-order valence-electron chi connectivity index (χ2n) is 9.92. The zero-order valence-corrected chi connectivity index (χ0v) is 23.8. The lowest BCUT2D eigenvalue weighted by Gasteiger charge is -2.43. The van der Waals surface area contributed by atoms with E-state index >= 15 is 0 Å². The monoisotopic (exact) mass is 592 g/mol. The summed E-state index contributed by atoms with van der Waals surface area (Å²) in [7, 11) is 0. The molecule has 220 valence electrons. The van der Waals surface area contributed by atoms with Gasteiger partial charge in [-0.05, 0) is 62.7 Å². The number of nitrogens with zero attached hydrogens (tertiary/aromatic N) is 3. The summed E-state index contributed by atoms with van der Waals surface area (Å²) in [6.07, 6.45) is -4.52. The highest BCUT2D eigenvalue weighted by molar-refractivity contribution is 6.30. The minimum absolute atomic E-state index is 0.0813. The first-order valence-corrected chi connectivity index (χ1v) is 13.8. The molecular weight excluding hydrogens is 561 g/mol. The summed E-state index contributed by atoms with van der Waals surface area (Å²) >= 11 is 5.96. The van der Waals surface area contributed by atoms with E-state index < -0.39 is 29.8 Å². The van der Waals surface area contributed by atoms with Crippen LogP contribution in [0.1, 0.15) is 48.3 Å². The van der Waals surface area contributed by atoms with Crippen LogP contribution in [0.15, 0.2) is 59.8 Å². The molecule has 2 heterocycles. The van der Waals surface area contributed by atoms with Crippen molar-refractivity contribution in [3.8, 4) is 0 Å². The topological polar surface area (TPSA) is 82.2 Å². The summed E-state index contributed by atoms with van der Waals surface area (Å²) in [6.45, 7) is 7.28. The molecule has 12 heteroatoms. The molecule has 0 aromatic heterocycles. The van der Waals surface area contributed by atoms with E-state index in [4.69, 9.17) is 16.3 Å². The van der Waals surface area contributed by atoms with Crippen LogP contribution in [-0.2, 0) is 15.7 Å². The lowest BCUT2D eigenvalue weighted by molar-refractivity contribution is -0.139. The first-order chi connectivity index (χ1) is 19.4. The van der Waals surface area contributed by atoms with Crippen LogP contribution in [0.25, 0.3) is 0 Å². The van der Waals surface area contributed by atoms with Gasteiger partial charge in [-0.2, -0.15) is 13.2 Å². The summed E-state index contributed by atoms with van der Waals surface area (Å²) in [4.78, 5) is 44.9. The predicted octanol–water partition coefficient (Wildman–Crippen LogP) is 5.11. The Hall–Kier alpha value is -3.57. The summed E-state index contributed by atoms with van der Waals surface area (Å²) in [5, 5.41) is 3.31. The van der Waals surface area contributed by atoms with Gasteiger partial charge in [0.05, 0.1) is 23.8 Å². The molecule has 2 aliphatic heterocycles. The molecule has 0 unspecified atom stereocenters. The first kappa shape index (κ1) is 30.4. The molecule has 2 atom stereocenters. The molecule has 0 saturated carbocycles. The molecule has 1 saturated heterocycles. The van der Waals surface area contributed by atoms with Gasteiger partial charge in [-0.1, -0.05) is 23.7 Å². The number of hydrogen-bond acceptors (Lipinski definition) is 5. The van der Waals surface area contributed by atoms with Gasteiger partial charge in [-0.15, -0.1) is 0 Å². The number of carbonyl (C=O) groups excluding carboxylic acids is 3. The van der Waals surface area contributed by atoms with Crippen LogP contribution in [0, 0.1) is 0 Å². The maximum absolute atomic E-state index is 13.3. The summed E-state index contributed by atoms with van der Waals surface area (Å²) < 4.78 is 44.9. The van der Waals surface area contributed by atoms with Crippen LogP contribution in [0.3, 0.4) is 0 Å². The van der Waals surface area contributed by atoms with Gasteiger partial charge in [0.15, 0.2) is 0 Å². The first-order valence-electron chi connectivity index (χ1n) is 13.4. The highest BCUT2D eigenvalue weighted by Crippen LogP contribution is 2.35. The Morgan fingerprint density at radius 1 is 1.05 bits per heavy atom. The van der Waals surface area contributed by atoms with Crippen molar-refractivity contribution in [2.45, 2.75) is 39.0 Å². The number of piperazine rings is 1. The average molecular weight is 593 g/mol. The zero-order valence-electron chi connectivity index (χ0n) is 23.0. The zero-order chi connectivity index (χ0) is 29.9. The largest absolute Gasteiger partial charge is 0.463 e. The lowest BCUT2D eigenvalue weighted by atomic mass is 9.93. The number of hydrogen-bond donors (Lipinski definition) is 1. The Kier molecular flexibility index (Phi) is 9.28. The van der Waals surface area contributed by atoms with Crippen LogP contribution in [-0.4, -0.2) is 78.0 Å². The van der Waals surface area contributed by atoms with Crippen molar-refractivity contribution in [2.75, 3.05) is 39.3 Å². The van der Waals surface area contributed by atoms with Gasteiger partial charge in [0.2, 0.25) is 0 Å². The molecule has 41 heavy (non-hydrogen) atoms. The number of carbonyl (C=O) groups is 3. The summed E-state index contributed by atoms with van der Waals surface area (Å²) in [5.74, 6) is -0.773. The third kappa shape index (κ3) is 6.68. The predicted molar refractivity (Wildman–Crippen MR) is 147 cm³/mol. The van der Waals surface area contributed by atoms with Crippen LogP contribution in [0.5, 0.6) is 0 Å². The van der Waals surface area contributed by atoms with E-state index in [9.17, 15) is 27.6 Å². The molecule has 1 N–H and O–H groups in total. The third-order valence-corrected chi connectivity index (χ3v) is 7.51. The number of benzene rings is 2. The Morgan fingerprint density at radius 2 is 1.71 bits per heavy atom. The molecule has 3 amide bonds. The molecule has 2 aliphatic rings. The van der Waals surface area contributed by atoms with E-state index in [1.807, 2.05) is 6.92 Å². The molecule has 0 spiro atoms. The number of rotatable bonds is 7. The number of urea groups is 1. The standard InChI is InChI=1S/C29H32ClF3N4O4/c1-4-36-23(17-35-14-15-37(18(3)16-35)26(38)20-8-12-22(30)13-9-20)24(27(39)41-5-2)25(34-28(36)40)19-6-10-21(11-7-19)29(31,32)33/h6-13,18,25H,4-5,14-17H2,1-3H3,(H,34,40)/t18-,25+/m0/s1. The maximum atomic E-state index is 13.3. The minimum Gasteiger partial charge on any atom is -0.463 e. The molecule has 1 fully saturated rings. The summed E-state index contributed by atoms with van der Waals surface area (Å²) in [6, 6.07) is 9.43. The van der Waals surface area contributed by atoms with Gasteiger partial charge >= 0.3 is 18.2 Å². The van der Waals surface area contributed by atoms with E-state index in [2.05, 4.69) is 10.2 Å². The van der Waals surface area contributed by atoms with Crippen molar-refractivity contribution in [3.05, 3.63) is 81.5 Å². The normalized spacial score (nSPS) is 20.2. The molecule has 0 aliphatic carbocycles. The number of likely N-dealkylation sites (N-methyl/N-ethyl adjacent to an activating group) is 1. The van der Waals surface area contributed by atoms with Gasteiger partial charge in [-0.25, -0.2) is 9.59 Å². The fourth-order valence-electron chi connectivity index (χ4n) is 5.22. The van der Waals surface area contributed by atoms with E-state index in [0.717, 1.165) is 12.1 Å². The molecule has 2 aromatic rings. The molecule has 4 rings (SSSR count). The second kappa shape index (κ2) is 12.5. The molecular formula is C29H32ClF3N4O4. The van der Waals surface area contributed by atoms with Gasteiger partial charge < -0.3 is 15.0 Å². The SMILES string of the molecule is CCOC(=O)C1=C(CN2CCN(C(=O)c3ccc(Cl)cc3)[C@@H](C)C2)N(CC)C(=O)N[C@@H]1c1ccc(C(F)(F)F)cc1.